The van der Waals surface area contributed by atoms with E-state index in [0.29, 0.717) is 0 Å². The maximum atomic E-state index is 12.2. The summed E-state index contributed by atoms with van der Waals surface area (Å²) in [7, 11) is -4.23. The molecule has 3 N–H and O–H groups in total. The first-order valence-corrected chi connectivity index (χ1v) is 8.45. The van der Waals surface area contributed by atoms with Crippen LogP contribution in [0.2, 0.25) is 5.02 Å². The fraction of sp³-hybridized carbons (Fsp3) is 0.0714. The maximum Gasteiger partial charge on any atom is 0.283 e. The third-order valence-corrected chi connectivity index (χ3v) is 4.47. The molecule has 2 aromatic rings. The van der Waals surface area contributed by atoms with Crippen LogP contribution in [-0.2, 0) is 16.6 Å². The Morgan fingerprint density at radius 1 is 1.25 bits per heavy atom. The zero-order valence-electron chi connectivity index (χ0n) is 12.1. The predicted molar refractivity (Wildman–Crippen MR) is 87.1 cm³/mol. The van der Waals surface area contributed by atoms with Crippen molar-refractivity contribution in [3.63, 3.8) is 0 Å². The Kier molecular flexibility index (Phi) is 5.17. The average Bonchev–Trinajstić information content (AvgIpc) is 2.52. The highest BCUT2D eigenvalue weighted by Gasteiger charge is 2.26. The highest BCUT2D eigenvalue weighted by atomic mass is 35.5. The molecule has 24 heavy (non-hydrogen) atoms. The van der Waals surface area contributed by atoms with Gasteiger partial charge in [-0.15, -0.1) is 0 Å². The maximum absolute atomic E-state index is 12.2. The molecule has 0 aliphatic carbocycles. The lowest BCUT2D eigenvalue weighted by molar-refractivity contribution is -0.385. The minimum Gasteiger partial charge on any atom is -0.348 e. The van der Waals surface area contributed by atoms with Gasteiger partial charge in [-0.05, 0) is 11.6 Å². The number of carbonyl (C=O) groups excluding carboxylic acids is 1. The van der Waals surface area contributed by atoms with Crippen molar-refractivity contribution in [1.82, 2.24) is 5.32 Å². The third kappa shape index (κ3) is 4.07. The zero-order chi connectivity index (χ0) is 17.9. The molecule has 0 aliphatic rings. The third-order valence-electron chi connectivity index (χ3n) is 3.09. The normalized spacial score (nSPS) is 11.1. The molecule has 126 valence electrons. The number of benzene rings is 2. The van der Waals surface area contributed by atoms with Gasteiger partial charge in [-0.25, -0.2) is 13.6 Å². The van der Waals surface area contributed by atoms with Crippen LogP contribution in [0.1, 0.15) is 15.9 Å². The van der Waals surface area contributed by atoms with Crippen LogP contribution in [0.3, 0.4) is 0 Å². The number of nitrogens with two attached hydrogens (primary N) is 1. The second kappa shape index (κ2) is 6.95. The lowest BCUT2D eigenvalue weighted by atomic mass is 10.1. The lowest BCUT2D eigenvalue weighted by Gasteiger charge is -2.09. The molecular weight excluding hydrogens is 358 g/mol. The molecule has 0 bridgehead atoms. The van der Waals surface area contributed by atoms with E-state index in [1.54, 1.807) is 30.3 Å². The number of nitrogens with one attached hydrogen (secondary N) is 1. The number of rotatable bonds is 5. The van der Waals surface area contributed by atoms with Crippen molar-refractivity contribution in [2.24, 2.45) is 5.14 Å². The Morgan fingerprint density at radius 3 is 2.42 bits per heavy atom. The van der Waals surface area contributed by atoms with Gasteiger partial charge in [0, 0.05) is 12.6 Å². The molecule has 0 atom stereocenters. The molecule has 10 heteroatoms. The van der Waals surface area contributed by atoms with Crippen molar-refractivity contribution in [1.29, 1.82) is 0 Å². The highest BCUT2D eigenvalue weighted by Crippen LogP contribution is 2.29. The Labute approximate surface area is 142 Å². The van der Waals surface area contributed by atoms with Crippen molar-refractivity contribution in [2.75, 3.05) is 0 Å². The Hall–Kier alpha value is -2.49. The van der Waals surface area contributed by atoms with Crippen LogP contribution in [-0.4, -0.2) is 19.2 Å². The number of amides is 1. The standard InChI is InChI=1S/C14H12ClN3O5S/c15-11-7-12(18(20)21)10(6-13(11)24(16,22)23)14(19)17-8-9-4-2-1-3-5-9/h1-7H,8H2,(H,17,19)(H2,16,22,23). The molecule has 0 unspecified atom stereocenters. The van der Waals surface area contributed by atoms with Gasteiger partial charge in [-0.3, -0.25) is 14.9 Å². The van der Waals surface area contributed by atoms with Crippen LogP contribution in [0.25, 0.3) is 0 Å². The topological polar surface area (TPSA) is 132 Å². The van der Waals surface area contributed by atoms with Crippen molar-refractivity contribution in [2.45, 2.75) is 11.4 Å². The second-order valence-corrected chi connectivity index (χ2v) is 6.71. The van der Waals surface area contributed by atoms with Gasteiger partial charge in [0.05, 0.1) is 9.95 Å². The Bertz CT molecular complexity index is 900. The smallest absolute Gasteiger partial charge is 0.283 e. The number of hydrogen-bond donors (Lipinski definition) is 2. The quantitative estimate of drug-likeness (QED) is 0.612. The van der Waals surface area contributed by atoms with E-state index in [1.165, 1.54) is 0 Å². The van der Waals surface area contributed by atoms with Gasteiger partial charge in [0.1, 0.15) is 10.5 Å². The predicted octanol–water partition coefficient (Wildman–Crippen LogP) is 1.83. The van der Waals surface area contributed by atoms with Crippen LogP contribution in [0.4, 0.5) is 5.69 Å². The number of nitro groups is 1. The molecular formula is C14H12ClN3O5S. The minimum absolute atomic E-state index is 0.115. The van der Waals surface area contributed by atoms with Crippen molar-refractivity contribution >= 4 is 33.2 Å². The van der Waals surface area contributed by atoms with E-state index in [4.69, 9.17) is 16.7 Å². The number of hydrogen-bond acceptors (Lipinski definition) is 5. The van der Waals surface area contributed by atoms with Gasteiger partial charge in [-0.2, -0.15) is 0 Å². The van der Waals surface area contributed by atoms with Gasteiger partial charge in [0.25, 0.3) is 11.6 Å². The molecule has 0 aromatic heterocycles. The SMILES string of the molecule is NS(=O)(=O)c1cc(C(=O)NCc2ccccc2)c([N+](=O)[O-])cc1Cl. The van der Waals surface area contributed by atoms with Crippen LogP contribution >= 0.6 is 11.6 Å². The van der Waals surface area contributed by atoms with Crippen LogP contribution < -0.4 is 10.5 Å². The molecule has 8 nitrogen and oxygen atoms in total. The molecule has 2 aromatic carbocycles. The average molecular weight is 370 g/mol. The lowest BCUT2D eigenvalue weighted by Crippen LogP contribution is -2.24. The second-order valence-electron chi connectivity index (χ2n) is 4.77. The summed E-state index contributed by atoms with van der Waals surface area (Å²) in [6.07, 6.45) is 0. The molecule has 0 saturated carbocycles. The summed E-state index contributed by atoms with van der Waals surface area (Å²) >= 11 is 5.71. The first-order chi connectivity index (χ1) is 11.2. The van der Waals surface area contributed by atoms with E-state index in [-0.39, 0.29) is 6.54 Å². The summed E-state index contributed by atoms with van der Waals surface area (Å²) in [5.41, 5.74) is -0.281. The fourth-order valence-electron chi connectivity index (χ4n) is 1.97. The molecule has 1 amide bonds. The van der Waals surface area contributed by atoms with Crippen LogP contribution in [0, 0.1) is 10.1 Å². The number of halogens is 1. The van der Waals surface area contributed by atoms with E-state index in [1.807, 2.05) is 0 Å². The molecule has 0 saturated heterocycles. The fourth-order valence-corrected chi connectivity index (χ4v) is 3.06. The molecule has 0 fully saturated rings. The zero-order valence-corrected chi connectivity index (χ0v) is 13.7. The number of primary sulfonamides is 1. The minimum atomic E-state index is -4.23. The highest BCUT2D eigenvalue weighted by molar-refractivity contribution is 7.89. The van der Waals surface area contributed by atoms with E-state index in [2.05, 4.69) is 5.32 Å². The van der Waals surface area contributed by atoms with Crippen molar-refractivity contribution < 1.29 is 18.1 Å². The number of sulfonamides is 1. The summed E-state index contributed by atoms with van der Waals surface area (Å²) in [5.74, 6) is -0.813. The summed E-state index contributed by atoms with van der Waals surface area (Å²) in [6, 6.07) is 10.4. The molecule has 0 radical (unpaired) electrons. The van der Waals surface area contributed by atoms with E-state index >= 15 is 0 Å². The van der Waals surface area contributed by atoms with Crippen molar-refractivity contribution in [3.8, 4) is 0 Å². The summed E-state index contributed by atoms with van der Waals surface area (Å²) in [4.78, 5) is 22.0. The first-order valence-electron chi connectivity index (χ1n) is 6.53. The van der Waals surface area contributed by atoms with Gasteiger partial charge in [0.15, 0.2) is 0 Å². The summed E-state index contributed by atoms with van der Waals surface area (Å²) in [6.45, 7) is 0.115. The Balaban J connectivity index is 2.39. The van der Waals surface area contributed by atoms with Gasteiger partial charge >= 0.3 is 0 Å². The van der Waals surface area contributed by atoms with E-state index < -0.39 is 42.0 Å². The summed E-state index contributed by atoms with van der Waals surface area (Å²) in [5, 5.41) is 18.2. The first kappa shape index (κ1) is 17.9. The van der Waals surface area contributed by atoms with E-state index in [0.717, 1.165) is 17.7 Å². The molecule has 2 rings (SSSR count). The van der Waals surface area contributed by atoms with Gasteiger partial charge < -0.3 is 5.32 Å². The molecule has 0 aliphatic heterocycles. The van der Waals surface area contributed by atoms with Crippen LogP contribution in [0.5, 0.6) is 0 Å². The monoisotopic (exact) mass is 369 g/mol. The largest absolute Gasteiger partial charge is 0.348 e. The molecule has 0 heterocycles. The van der Waals surface area contributed by atoms with E-state index in [9.17, 15) is 23.3 Å². The molecule has 0 spiro atoms. The number of nitrogens with zero attached hydrogens (tertiary/aromatic N) is 1. The van der Waals surface area contributed by atoms with Crippen molar-refractivity contribution in [3.05, 3.63) is 68.7 Å². The Morgan fingerprint density at radius 2 is 1.88 bits per heavy atom. The number of nitro benzene ring substituents is 1. The van der Waals surface area contributed by atoms with Crippen LogP contribution in [0.15, 0.2) is 47.4 Å². The van der Waals surface area contributed by atoms with Gasteiger partial charge in [-0.1, -0.05) is 41.9 Å². The van der Waals surface area contributed by atoms with Gasteiger partial charge in [0.2, 0.25) is 10.0 Å². The summed E-state index contributed by atoms with van der Waals surface area (Å²) < 4.78 is 23.0. The number of carbonyl (C=O) groups is 1.